The van der Waals surface area contributed by atoms with Gasteiger partial charge in [0.05, 0.1) is 5.75 Å². The molecule has 9 heteroatoms. The first-order valence-corrected chi connectivity index (χ1v) is 11.5. The molecule has 0 aliphatic rings. The minimum atomic E-state index is -0.660. The fraction of sp³-hybridized carbons (Fsp3) is 0.333. The van der Waals surface area contributed by atoms with Crippen molar-refractivity contribution in [3.05, 3.63) is 68.4 Å². The number of benzene rings is 2. The number of thioether (sulfide) groups is 1. The van der Waals surface area contributed by atoms with Crippen LogP contribution in [0.1, 0.15) is 24.5 Å². The van der Waals surface area contributed by atoms with Crippen LogP contribution in [0.4, 0.5) is 4.39 Å². The number of likely N-dealkylation sites (N-methyl/N-ethyl adjacent to an activating group) is 1. The molecule has 0 saturated heterocycles. The van der Waals surface area contributed by atoms with Crippen LogP contribution in [-0.2, 0) is 21.9 Å². The van der Waals surface area contributed by atoms with Gasteiger partial charge in [0, 0.05) is 40.0 Å². The van der Waals surface area contributed by atoms with Gasteiger partial charge in [0.1, 0.15) is 11.9 Å². The first-order valence-electron chi connectivity index (χ1n) is 9.24. The van der Waals surface area contributed by atoms with Crippen LogP contribution in [0.3, 0.4) is 0 Å². The van der Waals surface area contributed by atoms with Crippen LogP contribution in [0, 0.1) is 5.82 Å². The van der Waals surface area contributed by atoms with Gasteiger partial charge in [-0.15, -0.1) is 11.8 Å². The number of halogens is 4. The van der Waals surface area contributed by atoms with Crippen molar-refractivity contribution in [3.8, 4) is 0 Å². The molecule has 0 saturated carbocycles. The zero-order valence-corrected chi connectivity index (χ0v) is 19.6. The molecular weight excluding hydrogens is 470 g/mol. The summed E-state index contributed by atoms with van der Waals surface area (Å²) >= 11 is 19.5. The fourth-order valence-electron chi connectivity index (χ4n) is 2.91. The van der Waals surface area contributed by atoms with Gasteiger partial charge in [-0.25, -0.2) is 4.39 Å². The molecule has 1 unspecified atom stereocenters. The minimum absolute atomic E-state index is 0.0589. The highest BCUT2D eigenvalue weighted by Gasteiger charge is 2.28. The second-order valence-corrected chi connectivity index (χ2v) is 8.73. The van der Waals surface area contributed by atoms with E-state index >= 15 is 0 Å². The van der Waals surface area contributed by atoms with Gasteiger partial charge in [-0.1, -0.05) is 53.9 Å². The first-order chi connectivity index (χ1) is 14.3. The Kier molecular flexibility index (Phi) is 9.75. The van der Waals surface area contributed by atoms with Crippen LogP contribution < -0.4 is 5.32 Å². The summed E-state index contributed by atoms with van der Waals surface area (Å²) in [6.07, 6.45) is 0.431. The third kappa shape index (κ3) is 6.51. The second kappa shape index (κ2) is 11.8. The molecule has 0 bridgehead atoms. The molecular formula is C21H22Cl3FN2O2S. The van der Waals surface area contributed by atoms with Gasteiger partial charge in [-0.2, -0.15) is 0 Å². The van der Waals surface area contributed by atoms with Crippen molar-refractivity contribution in [1.82, 2.24) is 10.2 Å². The number of hydrogen-bond donors (Lipinski definition) is 1. The van der Waals surface area contributed by atoms with Crippen LogP contribution in [0.5, 0.6) is 0 Å². The van der Waals surface area contributed by atoms with Crippen LogP contribution >= 0.6 is 46.6 Å². The average Bonchev–Trinajstić information content (AvgIpc) is 2.71. The molecule has 2 aromatic rings. The molecule has 0 fully saturated rings. The number of hydrogen-bond acceptors (Lipinski definition) is 3. The smallest absolute Gasteiger partial charge is 0.242 e. The third-order valence-electron chi connectivity index (χ3n) is 4.52. The van der Waals surface area contributed by atoms with E-state index < -0.39 is 11.9 Å². The Labute approximate surface area is 195 Å². The van der Waals surface area contributed by atoms with E-state index in [2.05, 4.69) is 5.32 Å². The summed E-state index contributed by atoms with van der Waals surface area (Å²) in [7, 11) is 1.53. The van der Waals surface area contributed by atoms with E-state index in [4.69, 9.17) is 34.8 Å². The van der Waals surface area contributed by atoms with Crippen molar-refractivity contribution in [3.63, 3.8) is 0 Å². The number of nitrogens with zero attached hydrogens (tertiary/aromatic N) is 1. The van der Waals surface area contributed by atoms with Gasteiger partial charge in [0.25, 0.3) is 0 Å². The van der Waals surface area contributed by atoms with Gasteiger partial charge in [-0.3, -0.25) is 9.59 Å². The maximum atomic E-state index is 14.0. The summed E-state index contributed by atoms with van der Waals surface area (Å²) in [6.45, 7) is 1.98. The lowest BCUT2D eigenvalue weighted by molar-refractivity contribution is -0.139. The number of nitrogens with one attached hydrogen (secondary N) is 1. The average molecular weight is 492 g/mol. The van der Waals surface area contributed by atoms with Crippen molar-refractivity contribution >= 4 is 58.4 Å². The van der Waals surface area contributed by atoms with Gasteiger partial charge < -0.3 is 10.2 Å². The molecule has 0 aromatic heterocycles. The largest absolute Gasteiger partial charge is 0.357 e. The molecule has 1 N–H and O–H groups in total. The van der Waals surface area contributed by atoms with Crippen LogP contribution in [0.2, 0.25) is 15.1 Å². The quantitative estimate of drug-likeness (QED) is 0.499. The molecule has 30 heavy (non-hydrogen) atoms. The van der Waals surface area contributed by atoms with E-state index in [1.54, 1.807) is 24.3 Å². The molecule has 0 heterocycles. The first kappa shape index (κ1) is 24.8. The molecule has 1 atom stereocenters. The third-order valence-corrected chi connectivity index (χ3v) is 6.41. The van der Waals surface area contributed by atoms with Gasteiger partial charge >= 0.3 is 0 Å². The molecule has 162 valence electrons. The lowest BCUT2D eigenvalue weighted by Gasteiger charge is -2.30. The summed E-state index contributed by atoms with van der Waals surface area (Å²) in [6, 6.07) is 8.81. The SMILES string of the molecule is CCC(C(=O)NC)N(Cc1ccc(Cl)cc1Cl)C(=O)CSCc1c(F)cccc1Cl. The lowest BCUT2D eigenvalue weighted by Crippen LogP contribution is -2.48. The Hall–Kier alpha value is -1.47. The Morgan fingerprint density at radius 3 is 2.50 bits per heavy atom. The predicted octanol–water partition coefficient (Wildman–Crippen LogP) is 5.57. The highest BCUT2D eigenvalue weighted by Crippen LogP contribution is 2.26. The molecule has 2 aromatic carbocycles. The minimum Gasteiger partial charge on any atom is -0.357 e. The summed E-state index contributed by atoms with van der Waals surface area (Å²) < 4.78 is 14.0. The van der Waals surface area contributed by atoms with Crippen molar-refractivity contribution in [1.29, 1.82) is 0 Å². The number of carbonyl (C=O) groups is 2. The summed E-state index contributed by atoms with van der Waals surface area (Å²) in [5.41, 5.74) is 1.03. The molecule has 4 nitrogen and oxygen atoms in total. The second-order valence-electron chi connectivity index (χ2n) is 6.49. The maximum absolute atomic E-state index is 14.0. The number of rotatable bonds is 9. The van der Waals surface area contributed by atoms with Crippen molar-refractivity contribution in [2.75, 3.05) is 12.8 Å². The van der Waals surface area contributed by atoms with E-state index in [-0.39, 0.29) is 29.9 Å². The Morgan fingerprint density at radius 2 is 1.90 bits per heavy atom. The summed E-state index contributed by atoms with van der Waals surface area (Å²) in [4.78, 5) is 26.9. The maximum Gasteiger partial charge on any atom is 0.242 e. The lowest BCUT2D eigenvalue weighted by atomic mass is 10.1. The van der Waals surface area contributed by atoms with E-state index in [1.165, 1.54) is 35.8 Å². The van der Waals surface area contributed by atoms with Crippen molar-refractivity contribution < 1.29 is 14.0 Å². The van der Waals surface area contributed by atoms with E-state index in [0.717, 1.165) is 0 Å². The van der Waals surface area contributed by atoms with E-state index in [1.807, 2.05) is 6.92 Å². The predicted molar refractivity (Wildman–Crippen MR) is 123 cm³/mol. The van der Waals surface area contributed by atoms with Crippen molar-refractivity contribution in [2.24, 2.45) is 0 Å². The molecule has 2 rings (SSSR count). The van der Waals surface area contributed by atoms with E-state index in [9.17, 15) is 14.0 Å². The fourth-order valence-corrected chi connectivity index (χ4v) is 4.63. The Morgan fingerprint density at radius 1 is 1.17 bits per heavy atom. The Bertz CT molecular complexity index is 894. The van der Waals surface area contributed by atoms with Gasteiger partial charge in [0.15, 0.2) is 0 Å². The molecule has 2 amide bonds. The van der Waals surface area contributed by atoms with Crippen LogP contribution in [-0.4, -0.2) is 35.6 Å². The van der Waals surface area contributed by atoms with E-state index in [0.29, 0.717) is 32.6 Å². The molecule has 0 aliphatic heterocycles. The van der Waals surface area contributed by atoms with Gasteiger partial charge in [0.2, 0.25) is 11.8 Å². The molecule has 0 spiro atoms. The zero-order valence-electron chi connectivity index (χ0n) is 16.6. The highest BCUT2D eigenvalue weighted by atomic mass is 35.5. The topological polar surface area (TPSA) is 49.4 Å². The normalized spacial score (nSPS) is 11.8. The molecule has 0 aliphatic carbocycles. The Balaban J connectivity index is 2.18. The van der Waals surface area contributed by atoms with Crippen LogP contribution in [0.15, 0.2) is 36.4 Å². The van der Waals surface area contributed by atoms with Crippen molar-refractivity contribution in [2.45, 2.75) is 31.7 Å². The summed E-state index contributed by atoms with van der Waals surface area (Å²) in [5, 5.41) is 3.81. The zero-order chi connectivity index (χ0) is 22.3. The summed E-state index contributed by atoms with van der Waals surface area (Å²) in [5.74, 6) is -0.636. The standard InChI is InChI=1S/C21H22Cl3FN2O2S/c1-3-19(21(29)26-2)27(10-13-7-8-14(22)9-17(13)24)20(28)12-30-11-15-16(23)5-4-6-18(15)25/h4-9,19H,3,10-12H2,1-2H3,(H,26,29). The number of amides is 2. The number of carbonyl (C=O) groups excluding carboxylic acids is 2. The molecule has 0 radical (unpaired) electrons. The van der Waals surface area contributed by atoms with Crippen LogP contribution in [0.25, 0.3) is 0 Å². The monoisotopic (exact) mass is 490 g/mol. The van der Waals surface area contributed by atoms with Gasteiger partial charge in [-0.05, 0) is 36.2 Å². The highest BCUT2D eigenvalue weighted by molar-refractivity contribution is 7.99.